The van der Waals surface area contributed by atoms with E-state index in [0.29, 0.717) is 22.8 Å². The van der Waals surface area contributed by atoms with E-state index in [4.69, 9.17) is 4.52 Å². The lowest BCUT2D eigenvalue weighted by atomic mass is 10.1. The van der Waals surface area contributed by atoms with Gasteiger partial charge in [0.05, 0.1) is 23.0 Å². The van der Waals surface area contributed by atoms with Crippen molar-refractivity contribution in [2.45, 2.75) is 6.92 Å². The van der Waals surface area contributed by atoms with E-state index in [2.05, 4.69) is 31.0 Å². The maximum atomic E-state index is 12.3. The van der Waals surface area contributed by atoms with Gasteiger partial charge in [-0.05, 0) is 43.3 Å². The Labute approximate surface area is 173 Å². The summed E-state index contributed by atoms with van der Waals surface area (Å²) in [7, 11) is 0. The number of aryl methyl sites for hydroxylation is 1. The van der Waals surface area contributed by atoms with Gasteiger partial charge >= 0.3 is 0 Å². The van der Waals surface area contributed by atoms with Crippen LogP contribution in [0.15, 0.2) is 56.6 Å². The van der Waals surface area contributed by atoms with Gasteiger partial charge in [0.25, 0.3) is 22.9 Å². The number of hydrogen-bond acceptors (Lipinski definition) is 7. The van der Waals surface area contributed by atoms with Crippen molar-refractivity contribution in [1.82, 2.24) is 25.7 Å². The highest BCUT2D eigenvalue weighted by molar-refractivity contribution is 6.04. The Kier molecular flexibility index (Phi) is 5.14. The average Bonchev–Trinajstić information content (AvgIpc) is 3.21. The molecule has 0 atom stereocenters. The molecule has 2 aromatic heterocycles. The SMILES string of the molecule is Cc1noc(-c2ccc(C(=O)NCC(=O)Nc3cccc4c(=O)[nH][nH]c(=O)c34)cc2)n1. The van der Waals surface area contributed by atoms with Crippen LogP contribution in [0.5, 0.6) is 0 Å². The number of amides is 2. The highest BCUT2D eigenvalue weighted by atomic mass is 16.5. The topological polar surface area (TPSA) is 163 Å². The van der Waals surface area contributed by atoms with Crippen molar-refractivity contribution in [2.75, 3.05) is 11.9 Å². The number of nitrogens with one attached hydrogen (secondary N) is 4. The Morgan fingerprint density at radius 2 is 1.77 bits per heavy atom. The predicted molar refractivity (Wildman–Crippen MR) is 111 cm³/mol. The number of benzene rings is 2. The summed E-state index contributed by atoms with van der Waals surface area (Å²) in [5.41, 5.74) is 0.125. The number of nitrogens with zero attached hydrogens (tertiary/aromatic N) is 2. The quantitative estimate of drug-likeness (QED) is 0.373. The summed E-state index contributed by atoms with van der Waals surface area (Å²) < 4.78 is 5.07. The van der Waals surface area contributed by atoms with Crippen LogP contribution in [-0.2, 0) is 4.79 Å². The molecule has 0 unspecified atom stereocenters. The minimum absolute atomic E-state index is 0.0535. The third-order valence-electron chi connectivity index (χ3n) is 4.43. The van der Waals surface area contributed by atoms with E-state index in [9.17, 15) is 19.2 Å². The van der Waals surface area contributed by atoms with E-state index < -0.39 is 22.9 Å². The van der Waals surface area contributed by atoms with Crippen LogP contribution in [-0.4, -0.2) is 38.7 Å². The number of aromatic amines is 2. The third-order valence-corrected chi connectivity index (χ3v) is 4.43. The van der Waals surface area contributed by atoms with Crippen molar-refractivity contribution in [3.8, 4) is 11.5 Å². The maximum Gasteiger partial charge on any atom is 0.272 e. The molecule has 4 N–H and O–H groups in total. The summed E-state index contributed by atoms with van der Waals surface area (Å²) in [5, 5.41) is 13.4. The molecule has 2 heterocycles. The van der Waals surface area contributed by atoms with Gasteiger partial charge in [-0.2, -0.15) is 4.98 Å². The molecule has 0 saturated carbocycles. The second kappa shape index (κ2) is 8.06. The number of hydrogen-bond donors (Lipinski definition) is 4. The fourth-order valence-corrected chi connectivity index (χ4v) is 2.97. The Bertz CT molecular complexity index is 1400. The summed E-state index contributed by atoms with van der Waals surface area (Å²) in [6, 6.07) is 11.0. The fraction of sp³-hybridized carbons (Fsp3) is 0.100. The molecule has 31 heavy (non-hydrogen) atoms. The van der Waals surface area contributed by atoms with Crippen LogP contribution < -0.4 is 21.8 Å². The van der Waals surface area contributed by atoms with Crippen LogP contribution in [0.25, 0.3) is 22.2 Å². The highest BCUT2D eigenvalue weighted by Gasteiger charge is 2.13. The normalized spacial score (nSPS) is 10.7. The van der Waals surface area contributed by atoms with E-state index in [1.54, 1.807) is 31.2 Å². The number of anilines is 1. The van der Waals surface area contributed by atoms with Crippen LogP contribution in [0, 0.1) is 6.92 Å². The smallest absolute Gasteiger partial charge is 0.272 e. The molecule has 0 spiro atoms. The van der Waals surface area contributed by atoms with Gasteiger partial charge < -0.3 is 15.2 Å². The zero-order valence-electron chi connectivity index (χ0n) is 16.2. The lowest BCUT2D eigenvalue weighted by Gasteiger charge is -2.09. The monoisotopic (exact) mass is 420 g/mol. The highest BCUT2D eigenvalue weighted by Crippen LogP contribution is 2.18. The van der Waals surface area contributed by atoms with E-state index in [-0.39, 0.29) is 23.0 Å². The Hall–Kier alpha value is -4.54. The molecule has 0 bridgehead atoms. The number of carbonyl (C=O) groups excluding carboxylic acids is 2. The molecular formula is C20H16N6O5. The van der Waals surface area contributed by atoms with Crippen molar-refractivity contribution in [2.24, 2.45) is 0 Å². The standard InChI is InChI=1S/C20H16N6O5/c1-10-22-20(31-26-10)12-7-5-11(6-8-12)17(28)21-9-15(27)23-14-4-2-3-13-16(14)19(30)25-24-18(13)29/h2-8H,9H2,1H3,(H,21,28)(H,23,27)(H,24,29)(H,25,30). The third kappa shape index (κ3) is 4.10. The van der Waals surface area contributed by atoms with Gasteiger partial charge in [0.1, 0.15) is 0 Å². The molecule has 0 saturated heterocycles. The number of carbonyl (C=O) groups is 2. The van der Waals surface area contributed by atoms with Gasteiger partial charge in [0.2, 0.25) is 5.91 Å². The number of aromatic nitrogens is 4. The van der Waals surface area contributed by atoms with Gasteiger partial charge in [0, 0.05) is 11.1 Å². The molecule has 11 heteroatoms. The van der Waals surface area contributed by atoms with Gasteiger partial charge in [-0.3, -0.25) is 29.4 Å². The van der Waals surface area contributed by atoms with Crippen LogP contribution >= 0.6 is 0 Å². The van der Waals surface area contributed by atoms with Crippen molar-refractivity contribution in [3.05, 3.63) is 74.6 Å². The van der Waals surface area contributed by atoms with Crippen LogP contribution in [0.1, 0.15) is 16.2 Å². The molecule has 11 nitrogen and oxygen atoms in total. The first-order valence-corrected chi connectivity index (χ1v) is 9.15. The number of rotatable bonds is 5. The lowest BCUT2D eigenvalue weighted by molar-refractivity contribution is -0.115. The first kappa shape index (κ1) is 19.8. The largest absolute Gasteiger partial charge is 0.343 e. The zero-order chi connectivity index (χ0) is 22.0. The second-order valence-electron chi connectivity index (χ2n) is 6.59. The maximum absolute atomic E-state index is 12.3. The van der Waals surface area contributed by atoms with Gasteiger partial charge in [0.15, 0.2) is 5.82 Å². The van der Waals surface area contributed by atoms with E-state index in [1.165, 1.54) is 18.2 Å². The lowest BCUT2D eigenvalue weighted by Crippen LogP contribution is -2.33. The fourth-order valence-electron chi connectivity index (χ4n) is 2.97. The summed E-state index contributed by atoms with van der Waals surface area (Å²) >= 11 is 0. The Morgan fingerprint density at radius 1 is 1.03 bits per heavy atom. The second-order valence-corrected chi connectivity index (χ2v) is 6.59. The summed E-state index contributed by atoms with van der Waals surface area (Å²) in [6.45, 7) is 1.37. The van der Waals surface area contributed by atoms with Crippen molar-refractivity contribution >= 4 is 28.3 Å². The molecule has 0 aliphatic rings. The molecule has 2 amide bonds. The summed E-state index contributed by atoms with van der Waals surface area (Å²) in [4.78, 5) is 52.6. The molecule has 0 aliphatic heterocycles. The number of fused-ring (bicyclic) bond motifs is 1. The summed E-state index contributed by atoms with van der Waals surface area (Å²) in [6.07, 6.45) is 0. The van der Waals surface area contributed by atoms with Crippen molar-refractivity contribution in [3.63, 3.8) is 0 Å². The minimum Gasteiger partial charge on any atom is -0.343 e. The molecule has 0 radical (unpaired) electrons. The van der Waals surface area contributed by atoms with E-state index in [0.717, 1.165) is 0 Å². The van der Waals surface area contributed by atoms with Crippen molar-refractivity contribution < 1.29 is 14.1 Å². The molecule has 0 aliphatic carbocycles. The first-order valence-electron chi connectivity index (χ1n) is 9.15. The first-order chi connectivity index (χ1) is 14.9. The Morgan fingerprint density at radius 3 is 2.48 bits per heavy atom. The molecule has 156 valence electrons. The molecule has 2 aromatic carbocycles. The average molecular weight is 420 g/mol. The minimum atomic E-state index is -0.557. The van der Waals surface area contributed by atoms with E-state index in [1.807, 2.05) is 0 Å². The van der Waals surface area contributed by atoms with Gasteiger partial charge in [-0.25, -0.2) is 0 Å². The van der Waals surface area contributed by atoms with Crippen LogP contribution in [0.2, 0.25) is 0 Å². The van der Waals surface area contributed by atoms with Crippen LogP contribution in [0.3, 0.4) is 0 Å². The summed E-state index contributed by atoms with van der Waals surface area (Å²) in [5.74, 6) is -0.178. The predicted octanol–water partition coefficient (Wildman–Crippen LogP) is 0.943. The Balaban J connectivity index is 1.42. The zero-order valence-corrected chi connectivity index (χ0v) is 16.2. The molecule has 4 rings (SSSR count). The molecule has 0 fully saturated rings. The van der Waals surface area contributed by atoms with Gasteiger partial charge in [-0.1, -0.05) is 11.2 Å². The van der Waals surface area contributed by atoms with Gasteiger partial charge in [-0.15, -0.1) is 0 Å². The molecule has 4 aromatic rings. The van der Waals surface area contributed by atoms with E-state index >= 15 is 0 Å². The van der Waals surface area contributed by atoms with Crippen molar-refractivity contribution in [1.29, 1.82) is 0 Å². The number of H-pyrrole nitrogens is 2. The molecular weight excluding hydrogens is 404 g/mol. The van der Waals surface area contributed by atoms with Crippen LogP contribution in [0.4, 0.5) is 5.69 Å².